The fourth-order valence-electron chi connectivity index (χ4n) is 0.718. The maximum atomic E-state index is 8.35. The highest BCUT2D eigenvalue weighted by Gasteiger charge is 1.95. The molecule has 12 heavy (non-hydrogen) atoms. The summed E-state index contributed by atoms with van der Waals surface area (Å²) in [5.41, 5.74) is 1.33. The van der Waals surface area contributed by atoms with E-state index in [2.05, 4.69) is 35.0 Å². The van der Waals surface area contributed by atoms with Gasteiger partial charge in [0, 0.05) is 4.83 Å². The third kappa shape index (κ3) is 4.83. The second-order valence-electron chi connectivity index (χ2n) is 2.13. The molecule has 2 nitrogen and oxygen atoms in total. The molecule has 64 valence electrons. The zero-order valence-corrected chi connectivity index (χ0v) is 8.34. The van der Waals surface area contributed by atoms with Gasteiger partial charge in [0.15, 0.2) is 0 Å². The van der Waals surface area contributed by atoms with Gasteiger partial charge in [-0.25, -0.2) is 10.2 Å². The number of hydrogen-bond donors (Lipinski definition) is 1. The Morgan fingerprint density at radius 3 is 2.08 bits per heavy atom. The number of nitrogens with one attached hydrogen (secondary N) is 1. The number of hydrogen-bond acceptors (Lipinski definition) is 2. The van der Waals surface area contributed by atoms with Gasteiger partial charge in [0.1, 0.15) is 0 Å². The topological polar surface area (TPSA) is 40.9 Å². The second-order valence-corrected chi connectivity index (χ2v) is 3.50. The summed E-state index contributed by atoms with van der Waals surface area (Å²) in [6.07, 6.45) is 0.750. The highest BCUT2D eigenvalue weighted by molar-refractivity contribution is 9.09. The maximum absolute atomic E-state index is 8.35. The monoisotopic (exact) mass is 227 g/mol. The first-order valence-electron chi connectivity index (χ1n) is 3.45. The minimum Gasteiger partial charge on any atom is -0.222 e. The smallest absolute Gasteiger partial charge is 0.222 e. The van der Waals surface area contributed by atoms with Crippen molar-refractivity contribution >= 4 is 22.0 Å². The van der Waals surface area contributed by atoms with Crippen molar-refractivity contribution in [3.63, 3.8) is 0 Å². The summed E-state index contributed by atoms with van der Waals surface area (Å²) >= 11 is 3.48. The van der Waals surface area contributed by atoms with Crippen molar-refractivity contribution in [2.75, 3.05) is 0 Å². The number of carbonyl (C=O) groups excluding carboxylic acids is 1. The highest BCUT2D eigenvalue weighted by Crippen LogP contribution is 2.19. The van der Waals surface area contributed by atoms with Gasteiger partial charge < -0.3 is 0 Å². The Hall–Kier alpha value is -0.920. The van der Waals surface area contributed by atoms with E-state index in [1.165, 1.54) is 5.56 Å². The SMILES string of the molecule is CC(Br)c1ccccc1.N=C=O. The number of rotatable bonds is 1. The molecule has 0 aliphatic rings. The lowest BCUT2D eigenvalue weighted by Crippen LogP contribution is -1.79. The number of isocyanates is 1. The van der Waals surface area contributed by atoms with Crippen LogP contribution in [0.3, 0.4) is 0 Å². The molecule has 3 heteroatoms. The average Bonchev–Trinajstić information content (AvgIpc) is 2.07. The molecule has 0 spiro atoms. The largest absolute Gasteiger partial charge is 0.231 e. The minimum absolute atomic E-state index is 0.471. The molecule has 1 aromatic rings. The minimum atomic E-state index is 0.471. The van der Waals surface area contributed by atoms with E-state index in [-0.39, 0.29) is 0 Å². The lowest BCUT2D eigenvalue weighted by molar-refractivity contribution is 0.563. The molecule has 0 aliphatic heterocycles. The predicted octanol–water partition coefficient (Wildman–Crippen LogP) is 3.04. The van der Waals surface area contributed by atoms with E-state index >= 15 is 0 Å². The Balaban J connectivity index is 0.000000354. The van der Waals surface area contributed by atoms with Crippen LogP contribution in [-0.4, -0.2) is 6.08 Å². The average molecular weight is 228 g/mol. The molecule has 1 aromatic carbocycles. The first-order valence-corrected chi connectivity index (χ1v) is 4.36. The van der Waals surface area contributed by atoms with Gasteiger partial charge >= 0.3 is 0 Å². The zero-order chi connectivity index (χ0) is 9.40. The highest BCUT2D eigenvalue weighted by atomic mass is 79.9. The molecule has 0 saturated heterocycles. The van der Waals surface area contributed by atoms with E-state index in [4.69, 9.17) is 10.2 Å². The molecule has 1 atom stereocenters. The van der Waals surface area contributed by atoms with Gasteiger partial charge in [0.2, 0.25) is 6.08 Å². The van der Waals surface area contributed by atoms with Crippen LogP contribution in [0.1, 0.15) is 17.3 Å². The Morgan fingerprint density at radius 1 is 1.42 bits per heavy atom. The third-order valence-electron chi connectivity index (χ3n) is 1.26. The molecule has 1 unspecified atom stereocenters. The number of alkyl halides is 1. The van der Waals surface area contributed by atoms with Crippen LogP contribution in [0.25, 0.3) is 0 Å². The van der Waals surface area contributed by atoms with Gasteiger partial charge in [-0.3, -0.25) is 0 Å². The van der Waals surface area contributed by atoms with Gasteiger partial charge in [-0.15, -0.1) is 0 Å². The standard InChI is InChI=1S/C8H9Br.CHNO/c1-7(9)8-5-3-2-4-6-8;2-1-3/h2-7H,1H3;2H. The quantitative estimate of drug-likeness (QED) is 0.448. The fraction of sp³-hybridized carbons (Fsp3) is 0.222. The lowest BCUT2D eigenvalue weighted by Gasteiger charge is -1.99. The molecule has 0 saturated carbocycles. The van der Waals surface area contributed by atoms with E-state index in [0.29, 0.717) is 4.83 Å². The molecule has 0 fully saturated rings. The van der Waals surface area contributed by atoms with E-state index in [1.807, 2.05) is 18.2 Å². The first kappa shape index (κ1) is 11.1. The lowest BCUT2D eigenvalue weighted by atomic mass is 10.2. The van der Waals surface area contributed by atoms with Crippen LogP contribution in [0.2, 0.25) is 0 Å². The Morgan fingerprint density at radius 2 is 1.83 bits per heavy atom. The Labute approximate surface area is 80.2 Å². The summed E-state index contributed by atoms with van der Waals surface area (Å²) in [5, 5.41) is 5.40. The molecule has 0 bridgehead atoms. The van der Waals surface area contributed by atoms with Crippen molar-refractivity contribution in [3.05, 3.63) is 35.9 Å². The van der Waals surface area contributed by atoms with Gasteiger partial charge in [-0.05, 0) is 12.5 Å². The van der Waals surface area contributed by atoms with E-state index in [9.17, 15) is 0 Å². The van der Waals surface area contributed by atoms with Crippen LogP contribution in [0, 0.1) is 5.41 Å². The molecule has 0 amide bonds. The van der Waals surface area contributed by atoms with Crippen molar-refractivity contribution in [2.45, 2.75) is 11.8 Å². The third-order valence-corrected chi connectivity index (χ3v) is 1.79. The predicted molar refractivity (Wildman–Crippen MR) is 52.2 cm³/mol. The Kier molecular flexibility index (Phi) is 6.25. The zero-order valence-electron chi connectivity index (χ0n) is 6.75. The summed E-state index contributed by atoms with van der Waals surface area (Å²) in [6, 6.07) is 10.3. The van der Waals surface area contributed by atoms with Crippen LogP contribution in [-0.2, 0) is 4.79 Å². The molecule has 0 aromatic heterocycles. The molecule has 0 aliphatic carbocycles. The molecule has 0 radical (unpaired) electrons. The van der Waals surface area contributed by atoms with Crippen molar-refractivity contribution in [1.29, 1.82) is 5.41 Å². The van der Waals surface area contributed by atoms with Crippen molar-refractivity contribution < 1.29 is 4.79 Å². The van der Waals surface area contributed by atoms with Crippen LogP contribution in [0.15, 0.2) is 30.3 Å². The van der Waals surface area contributed by atoms with Crippen molar-refractivity contribution in [3.8, 4) is 0 Å². The molecule has 1 N–H and O–H groups in total. The van der Waals surface area contributed by atoms with Gasteiger partial charge in [0.25, 0.3) is 0 Å². The Bertz CT molecular complexity index is 240. The molecular weight excluding hydrogens is 218 g/mol. The van der Waals surface area contributed by atoms with Gasteiger partial charge in [0.05, 0.1) is 0 Å². The van der Waals surface area contributed by atoms with Gasteiger partial charge in [-0.2, -0.15) is 0 Å². The van der Waals surface area contributed by atoms with Crippen LogP contribution < -0.4 is 0 Å². The fourth-order valence-corrected chi connectivity index (χ4v) is 1.02. The molecule has 1 rings (SSSR count). The second kappa shape index (κ2) is 6.77. The normalized spacial score (nSPS) is 10.5. The summed E-state index contributed by atoms with van der Waals surface area (Å²) in [6.45, 7) is 2.12. The van der Waals surface area contributed by atoms with Crippen LogP contribution in [0.5, 0.6) is 0 Å². The molecular formula is C9H10BrNO. The molecule has 0 heterocycles. The van der Waals surface area contributed by atoms with Crippen LogP contribution >= 0.6 is 15.9 Å². The first-order chi connectivity index (χ1) is 5.72. The van der Waals surface area contributed by atoms with E-state index in [1.54, 1.807) is 0 Å². The number of benzene rings is 1. The van der Waals surface area contributed by atoms with E-state index in [0.717, 1.165) is 6.08 Å². The number of halogens is 1. The summed E-state index contributed by atoms with van der Waals surface area (Å²) in [7, 11) is 0. The van der Waals surface area contributed by atoms with Crippen LogP contribution in [0.4, 0.5) is 0 Å². The maximum Gasteiger partial charge on any atom is 0.231 e. The summed E-state index contributed by atoms with van der Waals surface area (Å²) in [5.74, 6) is 0. The summed E-state index contributed by atoms with van der Waals surface area (Å²) in [4.78, 5) is 8.82. The van der Waals surface area contributed by atoms with Crippen molar-refractivity contribution in [1.82, 2.24) is 0 Å². The van der Waals surface area contributed by atoms with Crippen molar-refractivity contribution in [2.24, 2.45) is 0 Å². The van der Waals surface area contributed by atoms with E-state index < -0.39 is 0 Å². The summed E-state index contributed by atoms with van der Waals surface area (Å²) < 4.78 is 0. The van der Waals surface area contributed by atoms with Gasteiger partial charge in [-0.1, -0.05) is 46.3 Å².